The molecule has 0 bridgehead atoms. The van der Waals surface area contributed by atoms with Gasteiger partial charge in [-0.25, -0.2) is 0 Å². The van der Waals surface area contributed by atoms with Crippen LogP contribution in [-0.2, 0) is 4.79 Å². The summed E-state index contributed by atoms with van der Waals surface area (Å²) in [7, 11) is 0. The molecule has 2 unspecified atom stereocenters. The van der Waals surface area contributed by atoms with Crippen LogP contribution in [0.3, 0.4) is 0 Å². The Labute approximate surface area is 124 Å². The molecule has 0 saturated carbocycles. The third-order valence-electron chi connectivity index (χ3n) is 4.62. The summed E-state index contributed by atoms with van der Waals surface area (Å²) >= 11 is 0. The zero-order chi connectivity index (χ0) is 15.0. The first-order valence-corrected chi connectivity index (χ1v) is 8.25. The largest absolute Gasteiger partial charge is 0.368 e. The van der Waals surface area contributed by atoms with E-state index in [2.05, 4.69) is 17.1 Å². The summed E-state index contributed by atoms with van der Waals surface area (Å²) in [6.45, 7) is 10.7. The zero-order valence-electron chi connectivity index (χ0n) is 13.6. The Morgan fingerprint density at radius 3 is 2.75 bits per heavy atom. The van der Waals surface area contributed by atoms with E-state index in [1.54, 1.807) is 0 Å². The molecule has 0 aliphatic carbocycles. The number of nitrogens with one attached hydrogen (secondary N) is 1. The number of hydrogen-bond donors (Lipinski definition) is 2. The van der Waals surface area contributed by atoms with Gasteiger partial charge in [0.25, 0.3) is 0 Å². The molecule has 2 atom stereocenters. The number of nitrogens with two attached hydrogens (primary N) is 1. The van der Waals surface area contributed by atoms with Gasteiger partial charge in [-0.3, -0.25) is 4.79 Å². The highest BCUT2D eigenvalue weighted by molar-refractivity contribution is 5.84. The van der Waals surface area contributed by atoms with Crippen molar-refractivity contribution < 1.29 is 4.79 Å². The third-order valence-corrected chi connectivity index (χ3v) is 4.62. The molecule has 0 spiro atoms. The minimum absolute atomic E-state index is 0.233. The van der Waals surface area contributed by atoms with E-state index in [-0.39, 0.29) is 5.91 Å². The molecule has 4 nitrogen and oxygen atoms in total. The molecular formula is C16H33N3O. The molecule has 0 aromatic carbocycles. The molecule has 4 heteroatoms. The fourth-order valence-corrected chi connectivity index (χ4v) is 3.05. The monoisotopic (exact) mass is 283 g/mol. The predicted octanol–water partition coefficient (Wildman–Crippen LogP) is 2.13. The van der Waals surface area contributed by atoms with Crippen LogP contribution in [0.5, 0.6) is 0 Å². The van der Waals surface area contributed by atoms with Crippen LogP contribution in [0.1, 0.15) is 59.3 Å². The lowest BCUT2D eigenvalue weighted by Crippen LogP contribution is -2.53. The lowest BCUT2D eigenvalue weighted by molar-refractivity contribution is -0.124. The number of rotatable bonds is 8. The van der Waals surface area contributed by atoms with Crippen molar-refractivity contribution in [1.82, 2.24) is 10.2 Å². The number of carbonyl (C=O) groups is 1. The number of carbonyl (C=O) groups excluding carboxylic acids is 1. The second-order valence-corrected chi connectivity index (χ2v) is 6.56. The molecule has 0 aromatic heterocycles. The number of likely N-dealkylation sites (tertiary alicyclic amines) is 1. The molecule has 0 radical (unpaired) electrons. The van der Waals surface area contributed by atoms with Crippen molar-refractivity contribution in [2.75, 3.05) is 26.2 Å². The van der Waals surface area contributed by atoms with E-state index in [0.29, 0.717) is 0 Å². The van der Waals surface area contributed by atoms with Crippen LogP contribution < -0.4 is 11.1 Å². The summed E-state index contributed by atoms with van der Waals surface area (Å²) in [5.41, 5.74) is 4.97. The Morgan fingerprint density at radius 1 is 1.35 bits per heavy atom. The first-order chi connectivity index (χ1) is 9.48. The van der Waals surface area contributed by atoms with Crippen LogP contribution >= 0.6 is 0 Å². The molecule has 0 aromatic rings. The van der Waals surface area contributed by atoms with Crippen LogP contribution in [0.4, 0.5) is 0 Å². The Kier molecular flexibility index (Phi) is 7.52. The molecule has 3 N–H and O–H groups in total. The fourth-order valence-electron chi connectivity index (χ4n) is 3.05. The van der Waals surface area contributed by atoms with Crippen LogP contribution in [0.15, 0.2) is 0 Å². The normalized spacial score (nSPS) is 24.1. The lowest BCUT2D eigenvalue weighted by atomic mass is 9.94. The Morgan fingerprint density at radius 2 is 2.10 bits per heavy atom. The lowest BCUT2D eigenvalue weighted by Gasteiger charge is -2.27. The molecule has 20 heavy (non-hydrogen) atoms. The summed E-state index contributed by atoms with van der Waals surface area (Å²) in [5.74, 6) is 0.648. The maximum Gasteiger partial charge on any atom is 0.237 e. The number of unbranched alkanes of at least 4 members (excludes halogenated alkanes) is 1. The van der Waals surface area contributed by atoms with E-state index in [9.17, 15) is 4.79 Å². The number of primary amides is 1. The number of likely N-dealkylation sites (N-methyl/N-ethyl adjacent to an activating group) is 1. The second-order valence-electron chi connectivity index (χ2n) is 6.56. The molecule has 1 aliphatic heterocycles. The van der Waals surface area contributed by atoms with Gasteiger partial charge in [0.2, 0.25) is 5.91 Å². The van der Waals surface area contributed by atoms with E-state index >= 15 is 0 Å². The van der Waals surface area contributed by atoms with Gasteiger partial charge in [-0.05, 0) is 77.5 Å². The first-order valence-electron chi connectivity index (χ1n) is 8.25. The standard InChI is InChI=1S/C16H33N3O/c1-4-18-16(3,15(17)20)10-5-6-11-19-12-7-8-14(2)9-13-19/h14,18H,4-13H2,1-3H3,(H2,17,20). The Bertz CT molecular complexity index is 295. The maximum absolute atomic E-state index is 11.5. The SMILES string of the molecule is CCNC(C)(CCCCN1CCCC(C)CC1)C(N)=O. The topological polar surface area (TPSA) is 58.4 Å². The van der Waals surface area contributed by atoms with E-state index in [4.69, 9.17) is 5.73 Å². The van der Waals surface area contributed by atoms with E-state index in [1.807, 2.05) is 13.8 Å². The summed E-state index contributed by atoms with van der Waals surface area (Å²) in [6, 6.07) is 0. The van der Waals surface area contributed by atoms with Crippen molar-refractivity contribution >= 4 is 5.91 Å². The average Bonchev–Trinajstić information content (AvgIpc) is 2.60. The minimum atomic E-state index is -0.540. The number of hydrogen-bond acceptors (Lipinski definition) is 3. The van der Waals surface area contributed by atoms with Gasteiger partial charge in [0.05, 0.1) is 5.54 Å². The highest BCUT2D eigenvalue weighted by atomic mass is 16.1. The Balaban J connectivity index is 2.24. The second kappa shape index (κ2) is 8.63. The number of nitrogens with zero attached hydrogens (tertiary/aromatic N) is 1. The van der Waals surface area contributed by atoms with Crippen molar-refractivity contribution in [1.29, 1.82) is 0 Å². The van der Waals surface area contributed by atoms with Crippen molar-refractivity contribution in [2.45, 2.75) is 64.8 Å². The predicted molar refractivity (Wildman–Crippen MR) is 84.6 cm³/mol. The van der Waals surface area contributed by atoms with Gasteiger partial charge in [0.1, 0.15) is 0 Å². The van der Waals surface area contributed by atoms with E-state index < -0.39 is 5.54 Å². The van der Waals surface area contributed by atoms with Gasteiger partial charge in [-0.2, -0.15) is 0 Å². The molecule has 1 fully saturated rings. The summed E-state index contributed by atoms with van der Waals surface area (Å²) in [5, 5.41) is 3.22. The van der Waals surface area contributed by atoms with Gasteiger partial charge >= 0.3 is 0 Å². The van der Waals surface area contributed by atoms with Crippen LogP contribution in [-0.4, -0.2) is 42.5 Å². The molecule has 1 aliphatic rings. The van der Waals surface area contributed by atoms with Crippen LogP contribution in [0, 0.1) is 5.92 Å². The summed E-state index contributed by atoms with van der Waals surface area (Å²) in [6.07, 6.45) is 7.08. The van der Waals surface area contributed by atoms with Gasteiger partial charge in [-0.15, -0.1) is 0 Å². The third kappa shape index (κ3) is 5.80. The molecular weight excluding hydrogens is 250 g/mol. The first kappa shape index (κ1) is 17.4. The summed E-state index contributed by atoms with van der Waals surface area (Å²) < 4.78 is 0. The average molecular weight is 283 g/mol. The Hall–Kier alpha value is -0.610. The van der Waals surface area contributed by atoms with Crippen molar-refractivity contribution in [2.24, 2.45) is 11.7 Å². The zero-order valence-corrected chi connectivity index (χ0v) is 13.6. The minimum Gasteiger partial charge on any atom is -0.368 e. The van der Waals surface area contributed by atoms with Gasteiger partial charge < -0.3 is 16.0 Å². The van der Waals surface area contributed by atoms with E-state index in [0.717, 1.165) is 38.3 Å². The van der Waals surface area contributed by atoms with Gasteiger partial charge in [-0.1, -0.05) is 13.8 Å². The van der Waals surface area contributed by atoms with Gasteiger partial charge in [0, 0.05) is 0 Å². The molecule has 118 valence electrons. The highest BCUT2D eigenvalue weighted by Crippen LogP contribution is 2.18. The maximum atomic E-state index is 11.5. The van der Waals surface area contributed by atoms with Crippen molar-refractivity contribution in [3.8, 4) is 0 Å². The van der Waals surface area contributed by atoms with Crippen LogP contribution in [0.2, 0.25) is 0 Å². The smallest absolute Gasteiger partial charge is 0.237 e. The van der Waals surface area contributed by atoms with Crippen molar-refractivity contribution in [3.05, 3.63) is 0 Å². The fraction of sp³-hybridized carbons (Fsp3) is 0.938. The molecule has 1 rings (SSSR count). The van der Waals surface area contributed by atoms with Crippen molar-refractivity contribution in [3.63, 3.8) is 0 Å². The van der Waals surface area contributed by atoms with Crippen LogP contribution in [0.25, 0.3) is 0 Å². The molecule has 1 amide bonds. The van der Waals surface area contributed by atoms with E-state index in [1.165, 1.54) is 32.4 Å². The highest BCUT2D eigenvalue weighted by Gasteiger charge is 2.29. The summed E-state index contributed by atoms with van der Waals surface area (Å²) in [4.78, 5) is 14.1. The number of amides is 1. The van der Waals surface area contributed by atoms with Gasteiger partial charge in [0.15, 0.2) is 0 Å². The quantitative estimate of drug-likeness (QED) is 0.671. The molecule has 1 saturated heterocycles. The molecule has 1 heterocycles.